The molecular formula is C17H19N3. The van der Waals surface area contributed by atoms with E-state index in [4.69, 9.17) is 10.7 Å². The summed E-state index contributed by atoms with van der Waals surface area (Å²) in [7, 11) is 0. The predicted molar refractivity (Wildman–Crippen MR) is 82.9 cm³/mol. The lowest BCUT2D eigenvalue weighted by Gasteiger charge is -2.23. The van der Waals surface area contributed by atoms with Gasteiger partial charge in [-0.15, -0.1) is 0 Å². The van der Waals surface area contributed by atoms with Crippen LogP contribution in [0.4, 0.5) is 0 Å². The van der Waals surface area contributed by atoms with Gasteiger partial charge in [0.05, 0.1) is 16.6 Å². The van der Waals surface area contributed by atoms with Gasteiger partial charge in [-0.05, 0) is 37.6 Å². The minimum atomic E-state index is -0.450. The van der Waals surface area contributed by atoms with E-state index in [2.05, 4.69) is 29.7 Å². The van der Waals surface area contributed by atoms with Crippen molar-refractivity contribution in [2.24, 2.45) is 5.73 Å². The summed E-state index contributed by atoms with van der Waals surface area (Å²) in [6.07, 6.45) is 0.836. The molecule has 0 aliphatic rings. The van der Waals surface area contributed by atoms with Gasteiger partial charge in [-0.1, -0.05) is 37.3 Å². The van der Waals surface area contributed by atoms with E-state index in [1.165, 1.54) is 0 Å². The molecule has 0 radical (unpaired) electrons. The van der Waals surface area contributed by atoms with Crippen LogP contribution in [0, 0.1) is 0 Å². The summed E-state index contributed by atoms with van der Waals surface area (Å²) < 4.78 is 2.17. The van der Waals surface area contributed by atoms with Crippen molar-refractivity contribution in [1.29, 1.82) is 0 Å². The summed E-state index contributed by atoms with van der Waals surface area (Å²) in [5, 5.41) is 0. The largest absolute Gasteiger partial charge is 0.319 e. The zero-order chi connectivity index (χ0) is 14.2. The number of imidazole rings is 1. The van der Waals surface area contributed by atoms with Gasteiger partial charge >= 0.3 is 0 Å². The molecule has 2 aromatic carbocycles. The quantitative estimate of drug-likeness (QED) is 0.786. The molecule has 1 unspecified atom stereocenters. The maximum absolute atomic E-state index is 6.46. The normalized spacial score (nSPS) is 14.3. The molecule has 1 atom stereocenters. The van der Waals surface area contributed by atoms with Crippen LogP contribution in [0.2, 0.25) is 0 Å². The molecule has 0 saturated heterocycles. The van der Waals surface area contributed by atoms with Crippen LogP contribution < -0.4 is 5.73 Å². The minimum Gasteiger partial charge on any atom is -0.319 e. The highest BCUT2D eigenvalue weighted by Gasteiger charge is 2.27. The van der Waals surface area contributed by atoms with Gasteiger partial charge in [-0.3, -0.25) is 4.57 Å². The van der Waals surface area contributed by atoms with Gasteiger partial charge in [0.25, 0.3) is 0 Å². The van der Waals surface area contributed by atoms with Crippen molar-refractivity contribution in [2.45, 2.75) is 25.8 Å². The van der Waals surface area contributed by atoms with Gasteiger partial charge in [0, 0.05) is 5.69 Å². The first-order chi connectivity index (χ1) is 9.63. The Bertz CT molecular complexity index is 726. The van der Waals surface area contributed by atoms with Gasteiger partial charge in [-0.2, -0.15) is 0 Å². The fourth-order valence-electron chi connectivity index (χ4n) is 2.41. The molecule has 102 valence electrons. The maximum Gasteiger partial charge on any atom is 0.134 e. The zero-order valence-corrected chi connectivity index (χ0v) is 11.9. The molecule has 0 aliphatic heterocycles. The van der Waals surface area contributed by atoms with Gasteiger partial charge in [0.1, 0.15) is 5.82 Å². The van der Waals surface area contributed by atoms with Gasteiger partial charge in [-0.25, -0.2) is 4.98 Å². The molecule has 3 aromatic rings. The monoisotopic (exact) mass is 265 g/mol. The Labute approximate surface area is 119 Å². The molecule has 3 heteroatoms. The maximum atomic E-state index is 6.46. The van der Waals surface area contributed by atoms with Crippen LogP contribution in [0.1, 0.15) is 26.1 Å². The lowest BCUT2D eigenvalue weighted by atomic mass is 9.99. The number of aromatic nitrogens is 2. The van der Waals surface area contributed by atoms with Crippen LogP contribution in [-0.4, -0.2) is 9.55 Å². The van der Waals surface area contributed by atoms with Crippen LogP contribution in [-0.2, 0) is 5.54 Å². The highest BCUT2D eigenvalue weighted by molar-refractivity contribution is 5.78. The molecule has 0 bridgehead atoms. The van der Waals surface area contributed by atoms with E-state index in [1.54, 1.807) is 0 Å². The lowest BCUT2D eigenvalue weighted by Crippen LogP contribution is -2.35. The Kier molecular flexibility index (Phi) is 3.07. The van der Waals surface area contributed by atoms with Crippen molar-refractivity contribution in [3.8, 4) is 5.69 Å². The van der Waals surface area contributed by atoms with E-state index in [1.807, 2.05) is 43.3 Å². The minimum absolute atomic E-state index is 0.450. The molecule has 0 aliphatic carbocycles. The summed E-state index contributed by atoms with van der Waals surface area (Å²) in [4.78, 5) is 4.77. The Balaban J connectivity index is 2.35. The molecule has 0 spiro atoms. The summed E-state index contributed by atoms with van der Waals surface area (Å²) >= 11 is 0. The van der Waals surface area contributed by atoms with Crippen molar-refractivity contribution < 1.29 is 0 Å². The smallest absolute Gasteiger partial charge is 0.134 e. The van der Waals surface area contributed by atoms with Crippen LogP contribution >= 0.6 is 0 Å². The molecule has 0 amide bonds. The molecule has 3 nitrogen and oxygen atoms in total. The molecule has 2 N–H and O–H groups in total. The van der Waals surface area contributed by atoms with E-state index >= 15 is 0 Å². The Morgan fingerprint density at radius 1 is 1.05 bits per heavy atom. The number of nitrogens with two attached hydrogens (primary N) is 1. The van der Waals surface area contributed by atoms with Crippen molar-refractivity contribution in [1.82, 2.24) is 9.55 Å². The second-order valence-corrected chi connectivity index (χ2v) is 5.37. The topological polar surface area (TPSA) is 43.8 Å². The first-order valence-electron chi connectivity index (χ1n) is 6.96. The van der Waals surface area contributed by atoms with Crippen LogP contribution in [0.3, 0.4) is 0 Å². The standard InChI is InChI=1S/C17H19N3/c1-3-17(2,18)16-19-14-11-7-8-12-15(14)20(16)13-9-5-4-6-10-13/h4-12H,3,18H2,1-2H3. The second-order valence-electron chi connectivity index (χ2n) is 5.37. The van der Waals surface area contributed by atoms with Crippen molar-refractivity contribution in [2.75, 3.05) is 0 Å². The van der Waals surface area contributed by atoms with Crippen LogP contribution in [0.15, 0.2) is 54.6 Å². The molecular weight excluding hydrogens is 246 g/mol. The summed E-state index contributed by atoms with van der Waals surface area (Å²) in [6.45, 7) is 4.13. The Morgan fingerprint density at radius 3 is 2.40 bits per heavy atom. The first kappa shape index (κ1) is 12.9. The highest BCUT2D eigenvalue weighted by atomic mass is 15.1. The third-order valence-corrected chi connectivity index (χ3v) is 3.82. The summed E-state index contributed by atoms with van der Waals surface area (Å²) in [6, 6.07) is 18.4. The Hall–Kier alpha value is -2.13. The molecule has 1 heterocycles. The van der Waals surface area contributed by atoms with E-state index in [-0.39, 0.29) is 0 Å². The highest BCUT2D eigenvalue weighted by Crippen LogP contribution is 2.28. The SMILES string of the molecule is CCC(C)(N)c1nc2ccccc2n1-c1ccccc1. The number of hydrogen-bond acceptors (Lipinski definition) is 2. The van der Waals surface area contributed by atoms with Crippen molar-refractivity contribution >= 4 is 11.0 Å². The van der Waals surface area contributed by atoms with Gasteiger partial charge in [0.2, 0.25) is 0 Å². The number of fused-ring (bicyclic) bond motifs is 1. The van der Waals surface area contributed by atoms with Crippen LogP contribution in [0.5, 0.6) is 0 Å². The Morgan fingerprint density at radius 2 is 1.70 bits per heavy atom. The fraction of sp³-hybridized carbons (Fsp3) is 0.235. The van der Waals surface area contributed by atoms with E-state index in [0.29, 0.717) is 0 Å². The average molecular weight is 265 g/mol. The third-order valence-electron chi connectivity index (χ3n) is 3.82. The number of benzene rings is 2. The molecule has 20 heavy (non-hydrogen) atoms. The summed E-state index contributed by atoms with van der Waals surface area (Å²) in [5.41, 5.74) is 9.18. The third kappa shape index (κ3) is 2.00. The molecule has 0 fully saturated rings. The van der Waals surface area contributed by atoms with Crippen LogP contribution in [0.25, 0.3) is 16.7 Å². The van der Waals surface area contributed by atoms with Crippen molar-refractivity contribution in [3.63, 3.8) is 0 Å². The number of rotatable bonds is 3. The fourth-order valence-corrected chi connectivity index (χ4v) is 2.41. The lowest BCUT2D eigenvalue weighted by molar-refractivity contribution is 0.441. The second kappa shape index (κ2) is 4.76. The zero-order valence-electron chi connectivity index (χ0n) is 11.9. The number of hydrogen-bond donors (Lipinski definition) is 1. The molecule has 0 saturated carbocycles. The van der Waals surface area contributed by atoms with E-state index < -0.39 is 5.54 Å². The number of para-hydroxylation sites is 3. The predicted octanol–water partition coefficient (Wildman–Crippen LogP) is 3.61. The van der Waals surface area contributed by atoms with Gasteiger partial charge in [0.15, 0.2) is 0 Å². The van der Waals surface area contributed by atoms with E-state index in [0.717, 1.165) is 29.0 Å². The average Bonchev–Trinajstić information content (AvgIpc) is 2.88. The number of nitrogens with zero attached hydrogens (tertiary/aromatic N) is 2. The summed E-state index contributed by atoms with van der Waals surface area (Å²) in [5.74, 6) is 0.910. The first-order valence-corrected chi connectivity index (χ1v) is 6.96. The van der Waals surface area contributed by atoms with E-state index in [9.17, 15) is 0 Å². The molecule has 1 aromatic heterocycles. The van der Waals surface area contributed by atoms with Crippen molar-refractivity contribution in [3.05, 3.63) is 60.4 Å². The molecule has 3 rings (SSSR count). The van der Waals surface area contributed by atoms with Gasteiger partial charge < -0.3 is 5.73 Å².